The summed E-state index contributed by atoms with van der Waals surface area (Å²) in [4.78, 5) is 31.7. The average molecular weight is 487 g/mol. The molecule has 0 radical (unpaired) electrons. The fourth-order valence-corrected chi connectivity index (χ4v) is 8.20. The number of likely N-dealkylation sites (tertiary alicyclic amines) is 1. The molecule has 2 aromatic heterocycles. The van der Waals surface area contributed by atoms with E-state index in [4.69, 9.17) is 0 Å². The summed E-state index contributed by atoms with van der Waals surface area (Å²) in [5.41, 5.74) is 1.27. The molecule has 3 heterocycles. The lowest BCUT2D eigenvalue weighted by Crippen LogP contribution is -2.44. The zero-order valence-electron chi connectivity index (χ0n) is 19.5. The summed E-state index contributed by atoms with van der Waals surface area (Å²) in [6, 6.07) is 5.26. The van der Waals surface area contributed by atoms with E-state index in [1.165, 1.54) is 43.2 Å². The van der Waals surface area contributed by atoms with Crippen molar-refractivity contribution >= 4 is 23.3 Å². The van der Waals surface area contributed by atoms with Crippen molar-refractivity contribution in [1.82, 2.24) is 14.3 Å². The number of aromatic nitrogens is 2. The molecule has 1 N–H and O–H groups in total. The van der Waals surface area contributed by atoms with Crippen LogP contribution in [0, 0.1) is 34.5 Å². The number of pyridine rings is 1. The van der Waals surface area contributed by atoms with Gasteiger partial charge >= 0.3 is 6.18 Å². The summed E-state index contributed by atoms with van der Waals surface area (Å²) in [6.07, 6.45) is 4.36. The number of piperidine rings is 1. The third-order valence-corrected chi connectivity index (χ3v) is 9.70. The van der Waals surface area contributed by atoms with Gasteiger partial charge < -0.3 is 10.2 Å². The highest BCUT2D eigenvalue weighted by Crippen LogP contribution is 2.84. The Bertz CT molecular complexity index is 1240. The van der Waals surface area contributed by atoms with Crippen molar-refractivity contribution in [2.45, 2.75) is 57.5 Å². The van der Waals surface area contributed by atoms with E-state index < -0.39 is 18.0 Å². The number of rotatable bonds is 4. The molecule has 6 atom stereocenters. The molecule has 1 spiro atoms. The molecule has 0 aromatic carbocycles. The Labute approximate surface area is 201 Å². The maximum absolute atomic E-state index is 13.2. The molecule has 6 unspecified atom stereocenters. The molecule has 2 aromatic rings. The smallest absolute Gasteiger partial charge is 0.337 e. The minimum Gasteiger partial charge on any atom is -0.337 e. The number of nitrogens with zero attached hydrogens (tertiary/aromatic N) is 3. The van der Waals surface area contributed by atoms with Gasteiger partial charge in [0.1, 0.15) is 17.2 Å². The minimum atomic E-state index is -4.31. The molecule has 4 saturated carbocycles. The number of hydrogen-bond acceptors (Lipinski definition) is 3. The molecule has 186 valence electrons. The van der Waals surface area contributed by atoms with Gasteiger partial charge in [-0.3, -0.25) is 14.0 Å². The normalized spacial score (nSPS) is 37.1. The topological polar surface area (TPSA) is 66.7 Å². The van der Waals surface area contributed by atoms with Crippen LogP contribution in [-0.4, -0.2) is 45.4 Å². The van der Waals surface area contributed by atoms with Crippen LogP contribution in [-0.2, 0) is 4.79 Å². The van der Waals surface area contributed by atoms with E-state index in [1.54, 1.807) is 22.6 Å². The number of hydrogen-bond donors (Lipinski definition) is 1. The first-order valence-electron chi connectivity index (χ1n) is 12.8. The molecule has 9 heteroatoms. The quantitative estimate of drug-likeness (QED) is 0.668. The Morgan fingerprint density at radius 2 is 2.06 bits per heavy atom. The molecular formula is C26H29F3N4O2. The highest BCUT2D eigenvalue weighted by Gasteiger charge is 2.76. The summed E-state index contributed by atoms with van der Waals surface area (Å²) >= 11 is 0. The summed E-state index contributed by atoms with van der Waals surface area (Å²) in [7, 11) is 0. The predicted molar refractivity (Wildman–Crippen MR) is 122 cm³/mol. The van der Waals surface area contributed by atoms with Gasteiger partial charge in [-0.2, -0.15) is 13.2 Å². The molecule has 1 saturated heterocycles. The Balaban J connectivity index is 1.07. The van der Waals surface area contributed by atoms with E-state index in [1.807, 2.05) is 0 Å². The van der Waals surface area contributed by atoms with Crippen molar-refractivity contribution < 1.29 is 22.8 Å². The van der Waals surface area contributed by atoms with Crippen molar-refractivity contribution in [2.75, 3.05) is 18.4 Å². The number of halogens is 3. The van der Waals surface area contributed by atoms with Crippen molar-refractivity contribution in [3.63, 3.8) is 0 Å². The number of nitrogens with one attached hydrogen (secondary N) is 1. The lowest BCUT2D eigenvalue weighted by Gasteiger charge is -2.35. The van der Waals surface area contributed by atoms with Crippen LogP contribution in [0.15, 0.2) is 24.4 Å². The monoisotopic (exact) mass is 486 g/mol. The van der Waals surface area contributed by atoms with Crippen LogP contribution >= 0.6 is 0 Å². The van der Waals surface area contributed by atoms with Crippen LogP contribution < -0.4 is 5.32 Å². The molecule has 4 aliphatic carbocycles. The van der Waals surface area contributed by atoms with E-state index in [0.29, 0.717) is 29.7 Å². The molecule has 7 rings (SSSR count). The van der Waals surface area contributed by atoms with E-state index in [0.717, 1.165) is 17.8 Å². The van der Waals surface area contributed by atoms with Gasteiger partial charge in [-0.25, -0.2) is 4.98 Å². The van der Waals surface area contributed by atoms with Gasteiger partial charge in [0.05, 0.1) is 5.92 Å². The Morgan fingerprint density at radius 3 is 2.89 bits per heavy atom. The molecule has 2 bridgehead atoms. The second kappa shape index (κ2) is 7.01. The first-order chi connectivity index (χ1) is 16.7. The van der Waals surface area contributed by atoms with Gasteiger partial charge in [0.25, 0.3) is 5.91 Å². The van der Waals surface area contributed by atoms with E-state index >= 15 is 0 Å². The molecule has 6 nitrogen and oxygen atoms in total. The number of carbonyl (C=O) groups excluding carboxylic acids is 2. The fraction of sp³-hybridized carbons (Fsp3) is 0.654. The number of imidazole rings is 1. The third-order valence-electron chi connectivity index (χ3n) is 9.70. The number of fused-ring (bicyclic) bond motifs is 3. The highest BCUT2D eigenvalue weighted by atomic mass is 19.4. The maximum atomic E-state index is 13.2. The Kier molecular flexibility index (Phi) is 4.34. The number of amides is 2. The summed E-state index contributed by atoms with van der Waals surface area (Å²) in [5.74, 6) is 1.08. The lowest BCUT2D eigenvalue weighted by atomic mass is 9.69. The Hall–Kier alpha value is -2.58. The second-order valence-corrected chi connectivity index (χ2v) is 11.9. The third kappa shape index (κ3) is 3.40. The van der Waals surface area contributed by atoms with Crippen LogP contribution in [0.25, 0.3) is 5.65 Å². The largest absolute Gasteiger partial charge is 0.393 e. The lowest BCUT2D eigenvalue weighted by molar-refractivity contribution is -0.184. The SMILES string of the molecule is O=C(CC12CC3CC3C3(CC3C1)C2)Nc1cccc2nc(C(=O)N3CCCC(C(F)(F)F)C3)cn12. The number of anilines is 1. The van der Waals surface area contributed by atoms with Gasteiger partial charge in [0, 0.05) is 25.7 Å². The standard InChI is InChI=1S/C26H29F3N4O2/c27-26(28,29)16-3-2-6-32(12-16)23(35)19-13-33-20(30-19)4-1-5-21(33)31-22(34)11-24-8-15-7-18(15)25(14-24)10-17(25)9-24/h1,4-5,13,15-18H,2-3,6-12,14H2,(H,31,34). The average Bonchev–Trinajstić information content (AvgIpc) is 3.63. The van der Waals surface area contributed by atoms with Crippen molar-refractivity contribution in [2.24, 2.45) is 34.5 Å². The zero-order chi connectivity index (χ0) is 24.2. The van der Waals surface area contributed by atoms with Crippen molar-refractivity contribution in [3.05, 3.63) is 30.1 Å². The first-order valence-corrected chi connectivity index (χ1v) is 12.8. The molecular weight excluding hydrogens is 457 g/mol. The Morgan fingerprint density at radius 1 is 1.20 bits per heavy atom. The van der Waals surface area contributed by atoms with Crippen LogP contribution in [0.3, 0.4) is 0 Å². The van der Waals surface area contributed by atoms with Crippen molar-refractivity contribution in [3.8, 4) is 0 Å². The number of alkyl halides is 3. The van der Waals surface area contributed by atoms with Gasteiger partial charge in [-0.05, 0) is 85.7 Å². The zero-order valence-corrected chi connectivity index (χ0v) is 19.5. The van der Waals surface area contributed by atoms with Gasteiger partial charge in [-0.1, -0.05) is 6.07 Å². The van der Waals surface area contributed by atoms with Gasteiger partial charge in [-0.15, -0.1) is 0 Å². The van der Waals surface area contributed by atoms with Gasteiger partial charge in [0.2, 0.25) is 5.91 Å². The summed E-state index contributed by atoms with van der Waals surface area (Å²) < 4.78 is 41.2. The maximum Gasteiger partial charge on any atom is 0.393 e. The van der Waals surface area contributed by atoms with Crippen LogP contribution in [0.2, 0.25) is 0 Å². The fourth-order valence-electron chi connectivity index (χ4n) is 8.20. The molecule has 5 fully saturated rings. The van der Waals surface area contributed by atoms with Crippen LogP contribution in [0.5, 0.6) is 0 Å². The highest BCUT2D eigenvalue weighted by molar-refractivity contribution is 5.94. The second-order valence-electron chi connectivity index (χ2n) is 11.9. The van der Waals surface area contributed by atoms with Crippen molar-refractivity contribution in [1.29, 1.82) is 0 Å². The number of carbonyl (C=O) groups is 2. The van der Waals surface area contributed by atoms with E-state index in [-0.39, 0.29) is 36.5 Å². The van der Waals surface area contributed by atoms with Gasteiger partial charge in [0.15, 0.2) is 0 Å². The molecule has 2 amide bonds. The van der Waals surface area contributed by atoms with Crippen LogP contribution in [0.4, 0.5) is 19.0 Å². The predicted octanol–water partition coefficient (Wildman–Crippen LogP) is 4.90. The van der Waals surface area contributed by atoms with E-state index in [2.05, 4.69) is 10.3 Å². The summed E-state index contributed by atoms with van der Waals surface area (Å²) in [6.45, 7) is -0.0541. The molecule has 35 heavy (non-hydrogen) atoms. The molecule has 5 aliphatic rings. The van der Waals surface area contributed by atoms with Crippen LogP contribution in [0.1, 0.15) is 61.9 Å². The summed E-state index contributed by atoms with van der Waals surface area (Å²) in [5, 5.41) is 3.03. The molecule has 1 aliphatic heterocycles. The minimum absolute atomic E-state index is 0.0151. The van der Waals surface area contributed by atoms with E-state index in [9.17, 15) is 22.8 Å². The first kappa shape index (κ1) is 21.7.